The minimum Gasteiger partial charge on any atom is -0.160 e. The van der Waals surface area contributed by atoms with Crippen molar-refractivity contribution in [2.75, 3.05) is 5.75 Å². The molecule has 0 aromatic rings. The second kappa shape index (κ2) is 3.90. The number of hydrogen-bond acceptors (Lipinski definition) is 1. The molecule has 1 rings (SSSR count). The third-order valence-corrected chi connectivity index (χ3v) is 3.25. The predicted molar refractivity (Wildman–Crippen MR) is 45.0 cm³/mol. The summed E-state index contributed by atoms with van der Waals surface area (Å²) in [6.07, 6.45) is 3.05. The number of hydrogen-bond donors (Lipinski definition) is 0. The summed E-state index contributed by atoms with van der Waals surface area (Å²) in [5, 5.41) is 0. The van der Waals surface area contributed by atoms with Crippen LogP contribution in [0.3, 0.4) is 0 Å². The van der Waals surface area contributed by atoms with Crippen LogP contribution in [0.4, 0.5) is 13.2 Å². The second-order valence-electron chi connectivity index (χ2n) is 3.54. The predicted octanol–water partition coefficient (Wildman–Crippen LogP) is 3.68. The zero-order valence-corrected chi connectivity index (χ0v) is 7.84. The van der Waals surface area contributed by atoms with Gasteiger partial charge in [0.25, 0.3) is 0 Å². The van der Waals surface area contributed by atoms with Crippen LogP contribution < -0.4 is 0 Å². The third-order valence-electron chi connectivity index (χ3n) is 2.29. The van der Waals surface area contributed by atoms with Crippen LogP contribution in [0.5, 0.6) is 0 Å². The van der Waals surface area contributed by atoms with Gasteiger partial charge in [0.2, 0.25) is 0 Å². The molecule has 2 atom stereocenters. The Morgan fingerprint density at radius 3 is 2.42 bits per heavy atom. The van der Waals surface area contributed by atoms with E-state index in [2.05, 4.69) is 6.92 Å². The summed E-state index contributed by atoms with van der Waals surface area (Å²) in [6.45, 7) is 2.11. The Labute approximate surface area is 74.9 Å². The highest BCUT2D eigenvalue weighted by Gasteiger charge is 2.31. The van der Waals surface area contributed by atoms with E-state index in [0.29, 0.717) is 11.8 Å². The first-order valence-electron chi connectivity index (χ1n) is 4.18. The van der Waals surface area contributed by atoms with Crippen LogP contribution in [-0.4, -0.2) is 11.3 Å². The van der Waals surface area contributed by atoms with Gasteiger partial charge in [-0.25, -0.2) is 0 Å². The van der Waals surface area contributed by atoms with Crippen LogP contribution in [0, 0.1) is 11.8 Å². The van der Waals surface area contributed by atoms with E-state index in [1.165, 1.54) is 0 Å². The average Bonchev–Trinajstić information content (AvgIpc) is 2.30. The van der Waals surface area contributed by atoms with Gasteiger partial charge in [0.1, 0.15) is 0 Å². The average molecular weight is 198 g/mol. The summed E-state index contributed by atoms with van der Waals surface area (Å²) in [6, 6.07) is 0. The molecule has 12 heavy (non-hydrogen) atoms. The van der Waals surface area contributed by atoms with Gasteiger partial charge in [-0.05, 0) is 24.7 Å². The lowest BCUT2D eigenvalue weighted by molar-refractivity contribution is -0.0329. The summed E-state index contributed by atoms with van der Waals surface area (Å²) in [7, 11) is 0. The molecule has 1 saturated carbocycles. The quantitative estimate of drug-likeness (QED) is 0.652. The largest absolute Gasteiger partial charge is 0.441 e. The van der Waals surface area contributed by atoms with E-state index < -0.39 is 5.51 Å². The van der Waals surface area contributed by atoms with E-state index in [0.717, 1.165) is 19.3 Å². The Balaban J connectivity index is 2.16. The highest BCUT2D eigenvalue weighted by Crippen LogP contribution is 2.38. The van der Waals surface area contributed by atoms with Crippen molar-refractivity contribution in [3.63, 3.8) is 0 Å². The van der Waals surface area contributed by atoms with Crippen LogP contribution >= 0.6 is 11.8 Å². The maximum atomic E-state index is 11.8. The van der Waals surface area contributed by atoms with Gasteiger partial charge in [-0.2, -0.15) is 13.2 Å². The second-order valence-corrected chi connectivity index (χ2v) is 4.63. The Morgan fingerprint density at radius 1 is 1.33 bits per heavy atom. The van der Waals surface area contributed by atoms with E-state index in [4.69, 9.17) is 0 Å². The summed E-state index contributed by atoms with van der Waals surface area (Å²) in [5.74, 6) is 1.18. The number of rotatable bonds is 2. The standard InChI is InChI=1S/C8H13F3S/c1-6-2-3-7(4-6)5-12-8(9,10)11/h6-7H,2-5H2,1H3. The summed E-state index contributed by atoms with van der Waals surface area (Å²) in [4.78, 5) is 0. The molecule has 0 spiro atoms. The first kappa shape index (κ1) is 10.2. The minimum atomic E-state index is -4.04. The highest BCUT2D eigenvalue weighted by molar-refractivity contribution is 8.00. The third kappa shape index (κ3) is 3.70. The molecule has 4 heteroatoms. The molecule has 1 aliphatic rings. The van der Waals surface area contributed by atoms with Gasteiger partial charge in [0.15, 0.2) is 0 Å². The molecular weight excluding hydrogens is 185 g/mol. The molecule has 1 aliphatic carbocycles. The Bertz CT molecular complexity index is 144. The van der Waals surface area contributed by atoms with Crippen molar-refractivity contribution in [3.05, 3.63) is 0 Å². The molecular formula is C8H13F3S. The molecule has 0 nitrogen and oxygen atoms in total. The number of halogens is 3. The fourth-order valence-electron chi connectivity index (χ4n) is 1.69. The summed E-state index contributed by atoms with van der Waals surface area (Å²) < 4.78 is 35.3. The number of alkyl halides is 3. The molecule has 0 amide bonds. The van der Waals surface area contributed by atoms with Gasteiger partial charge in [-0.3, -0.25) is 0 Å². The zero-order chi connectivity index (χ0) is 9.19. The molecule has 0 aliphatic heterocycles. The van der Waals surface area contributed by atoms with Crippen molar-refractivity contribution < 1.29 is 13.2 Å². The van der Waals surface area contributed by atoms with E-state index in [9.17, 15) is 13.2 Å². The van der Waals surface area contributed by atoms with Gasteiger partial charge >= 0.3 is 5.51 Å². The normalized spacial score (nSPS) is 31.0. The smallest absolute Gasteiger partial charge is 0.160 e. The van der Waals surface area contributed by atoms with E-state index in [-0.39, 0.29) is 17.5 Å². The highest BCUT2D eigenvalue weighted by atomic mass is 32.2. The van der Waals surface area contributed by atoms with Crippen LogP contribution in [-0.2, 0) is 0 Å². The van der Waals surface area contributed by atoms with E-state index >= 15 is 0 Å². The summed E-state index contributed by atoms with van der Waals surface area (Å²) in [5.41, 5.74) is -4.04. The number of thioether (sulfide) groups is 1. The molecule has 0 aromatic carbocycles. The Kier molecular flexibility index (Phi) is 3.32. The van der Waals surface area contributed by atoms with Gasteiger partial charge in [-0.1, -0.05) is 25.1 Å². The van der Waals surface area contributed by atoms with Crippen molar-refractivity contribution in [2.24, 2.45) is 11.8 Å². The fourth-order valence-corrected chi connectivity index (χ4v) is 2.42. The maximum absolute atomic E-state index is 11.8. The fraction of sp³-hybridized carbons (Fsp3) is 1.00. The SMILES string of the molecule is CC1CCC(CSC(F)(F)F)C1. The molecule has 0 radical (unpaired) electrons. The van der Waals surface area contributed by atoms with Gasteiger partial charge in [-0.15, -0.1) is 0 Å². The minimum absolute atomic E-state index is 0.133. The molecule has 0 aromatic heterocycles. The van der Waals surface area contributed by atoms with Crippen molar-refractivity contribution in [1.82, 2.24) is 0 Å². The molecule has 0 heterocycles. The van der Waals surface area contributed by atoms with E-state index in [1.807, 2.05) is 0 Å². The molecule has 0 bridgehead atoms. The molecule has 72 valence electrons. The monoisotopic (exact) mass is 198 g/mol. The lowest BCUT2D eigenvalue weighted by Crippen LogP contribution is -2.07. The molecule has 0 N–H and O–H groups in total. The lowest BCUT2D eigenvalue weighted by atomic mass is 10.1. The van der Waals surface area contributed by atoms with Gasteiger partial charge in [0.05, 0.1) is 0 Å². The van der Waals surface area contributed by atoms with Crippen LogP contribution in [0.15, 0.2) is 0 Å². The van der Waals surface area contributed by atoms with Crippen LogP contribution in [0.2, 0.25) is 0 Å². The van der Waals surface area contributed by atoms with Crippen LogP contribution in [0.25, 0.3) is 0 Å². The maximum Gasteiger partial charge on any atom is 0.441 e. The Hall–Kier alpha value is 0.140. The van der Waals surface area contributed by atoms with Crippen molar-refractivity contribution in [1.29, 1.82) is 0 Å². The van der Waals surface area contributed by atoms with Gasteiger partial charge < -0.3 is 0 Å². The first-order valence-corrected chi connectivity index (χ1v) is 5.16. The zero-order valence-electron chi connectivity index (χ0n) is 7.03. The van der Waals surface area contributed by atoms with E-state index in [1.54, 1.807) is 0 Å². The molecule has 2 unspecified atom stereocenters. The Morgan fingerprint density at radius 2 is 2.00 bits per heavy atom. The van der Waals surface area contributed by atoms with Crippen LogP contribution in [0.1, 0.15) is 26.2 Å². The molecule has 1 fully saturated rings. The molecule has 0 saturated heterocycles. The lowest BCUT2D eigenvalue weighted by Gasteiger charge is -2.10. The van der Waals surface area contributed by atoms with Gasteiger partial charge in [0, 0.05) is 5.75 Å². The van der Waals surface area contributed by atoms with Crippen molar-refractivity contribution in [2.45, 2.75) is 31.7 Å². The first-order chi connectivity index (χ1) is 5.47. The summed E-state index contributed by atoms with van der Waals surface area (Å²) >= 11 is 0.133. The van der Waals surface area contributed by atoms with Crippen molar-refractivity contribution in [3.8, 4) is 0 Å². The topological polar surface area (TPSA) is 0 Å². The van der Waals surface area contributed by atoms with Crippen molar-refractivity contribution >= 4 is 11.8 Å².